The van der Waals surface area contributed by atoms with Gasteiger partial charge in [0.05, 0.1) is 51.9 Å². The molecule has 0 saturated heterocycles. The maximum atomic E-state index is 15.7. The number of rotatable bonds is 2. The summed E-state index contributed by atoms with van der Waals surface area (Å²) in [7, 11) is 0. The molecule has 0 aliphatic rings. The number of halogens is 6. The summed E-state index contributed by atoms with van der Waals surface area (Å²) in [5.41, 5.74) is -1.48. The van der Waals surface area contributed by atoms with Crippen molar-refractivity contribution in [3.8, 4) is 0 Å². The van der Waals surface area contributed by atoms with Crippen LogP contribution in [-0.4, -0.2) is 21.2 Å². The van der Waals surface area contributed by atoms with Crippen LogP contribution in [0.15, 0.2) is 70.1 Å². The molecule has 8 aromatic heterocycles. The molecule has 10 aromatic rings. The standard InChI is InChI=1S/C31H12F6N2S4/c32-30(33,34)29(31(35,36)37,13-9-15-23-16(10-13)26-20(2-6-41-26)38(23)19-1-5-40-25(15)19)14-11-17-24-18(12-14)28-22(4-8-43-28)39(24)21-3-7-42-27(17)21/h1-12H. The Balaban J connectivity index is 1.43. The molecule has 8 heterocycles. The molecule has 0 radical (unpaired) electrons. The lowest BCUT2D eigenvalue weighted by atomic mass is 9.72. The highest BCUT2D eigenvalue weighted by molar-refractivity contribution is 7.20. The summed E-state index contributed by atoms with van der Waals surface area (Å²) in [4.78, 5) is 0. The molecule has 12 heteroatoms. The summed E-state index contributed by atoms with van der Waals surface area (Å²) in [6, 6.07) is 12.0. The van der Waals surface area contributed by atoms with Gasteiger partial charge in [0.1, 0.15) is 0 Å². The quantitative estimate of drug-likeness (QED) is 0.164. The molecule has 10 rings (SSSR count). The van der Waals surface area contributed by atoms with Crippen LogP contribution in [0, 0.1) is 0 Å². The smallest absolute Gasteiger partial charge is 0.306 e. The molecule has 0 bridgehead atoms. The SMILES string of the molecule is FC(F)(F)C(c1cc2c3sccc3n3c4ccsc4c(c1)c23)(c1cc2c3sccc3n3c4ccsc4c(c1)c23)C(F)(F)F. The average molecular weight is 655 g/mol. The van der Waals surface area contributed by atoms with Crippen LogP contribution in [0.5, 0.6) is 0 Å². The van der Waals surface area contributed by atoms with E-state index >= 15 is 26.3 Å². The number of fused-ring (bicyclic) bond motifs is 12. The van der Waals surface area contributed by atoms with E-state index in [9.17, 15) is 0 Å². The molecular weight excluding hydrogens is 643 g/mol. The second-order valence-electron chi connectivity index (χ2n) is 10.8. The topological polar surface area (TPSA) is 8.82 Å². The first kappa shape index (κ1) is 24.8. The Morgan fingerprint density at radius 2 is 0.721 bits per heavy atom. The Labute approximate surface area is 251 Å². The van der Waals surface area contributed by atoms with E-state index < -0.39 is 28.9 Å². The molecule has 0 saturated carbocycles. The normalized spacial score (nSPS) is 14.3. The van der Waals surface area contributed by atoms with E-state index in [-0.39, 0.29) is 0 Å². The van der Waals surface area contributed by atoms with Crippen LogP contribution >= 0.6 is 45.3 Å². The average Bonchev–Trinajstić information content (AvgIpc) is 3.77. The second kappa shape index (κ2) is 7.55. The zero-order valence-electron chi connectivity index (χ0n) is 21.2. The first-order valence-electron chi connectivity index (χ1n) is 13.0. The van der Waals surface area contributed by atoms with Gasteiger partial charge in [0, 0.05) is 21.5 Å². The van der Waals surface area contributed by atoms with Gasteiger partial charge in [-0.25, -0.2) is 0 Å². The summed E-state index contributed by atoms with van der Waals surface area (Å²) >= 11 is 5.28. The largest absolute Gasteiger partial charge is 0.411 e. The predicted octanol–water partition coefficient (Wildman–Crippen LogP) is 11.6. The highest BCUT2D eigenvalue weighted by Gasteiger charge is 2.72. The number of hydrogen-bond donors (Lipinski definition) is 0. The van der Waals surface area contributed by atoms with Crippen molar-refractivity contribution in [2.45, 2.75) is 17.8 Å². The lowest BCUT2D eigenvalue weighted by Crippen LogP contribution is -2.54. The Kier molecular flexibility index (Phi) is 4.36. The van der Waals surface area contributed by atoms with Gasteiger partial charge in [-0.3, -0.25) is 0 Å². The number of alkyl halides is 6. The first-order chi connectivity index (χ1) is 20.6. The number of benzene rings is 2. The minimum absolute atomic E-state index is 0.400. The Hall–Kier alpha value is -3.58. The molecule has 0 unspecified atom stereocenters. The van der Waals surface area contributed by atoms with E-state index in [1.807, 2.05) is 54.6 Å². The van der Waals surface area contributed by atoms with E-state index in [1.54, 1.807) is 0 Å². The van der Waals surface area contributed by atoms with Gasteiger partial charge < -0.3 is 8.80 Å². The van der Waals surface area contributed by atoms with Gasteiger partial charge >= 0.3 is 12.4 Å². The monoisotopic (exact) mass is 654 g/mol. The molecule has 2 aromatic carbocycles. The van der Waals surface area contributed by atoms with Gasteiger partial charge in [-0.05, 0) is 81.2 Å². The Morgan fingerprint density at radius 1 is 0.442 bits per heavy atom. The van der Waals surface area contributed by atoms with Crippen LogP contribution in [0.2, 0.25) is 0 Å². The fraction of sp³-hybridized carbons (Fsp3) is 0.0968. The fourth-order valence-corrected chi connectivity index (χ4v) is 10.9. The van der Waals surface area contributed by atoms with Crippen molar-refractivity contribution in [1.29, 1.82) is 0 Å². The number of hydrogen-bond acceptors (Lipinski definition) is 4. The fourth-order valence-electron chi connectivity index (χ4n) is 7.32. The van der Waals surface area contributed by atoms with Crippen molar-refractivity contribution in [2.24, 2.45) is 0 Å². The van der Waals surface area contributed by atoms with Gasteiger partial charge in [-0.2, -0.15) is 26.3 Å². The molecule has 0 N–H and O–H groups in total. The first-order valence-corrected chi connectivity index (χ1v) is 16.6. The van der Waals surface area contributed by atoms with E-state index in [0.29, 0.717) is 51.4 Å². The van der Waals surface area contributed by atoms with Gasteiger partial charge in [-0.1, -0.05) is 0 Å². The second-order valence-corrected chi connectivity index (χ2v) is 14.5. The van der Waals surface area contributed by atoms with Crippen LogP contribution in [-0.2, 0) is 5.41 Å². The summed E-state index contributed by atoms with van der Waals surface area (Å²) in [5.74, 6) is 0. The van der Waals surface area contributed by atoms with E-state index in [4.69, 9.17) is 0 Å². The van der Waals surface area contributed by atoms with Crippen LogP contribution in [0.1, 0.15) is 11.1 Å². The molecular formula is C31H12F6N2S4. The third-order valence-corrected chi connectivity index (χ3v) is 12.7. The van der Waals surface area contributed by atoms with Crippen molar-refractivity contribution in [3.05, 3.63) is 81.2 Å². The van der Waals surface area contributed by atoms with Crippen LogP contribution < -0.4 is 0 Å². The van der Waals surface area contributed by atoms with Crippen LogP contribution in [0.25, 0.3) is 73.4 Å². The summed E-state index contributed by atoms with van der Waals surface area (Å²) < 4.78 is 100. The molecule has 43 heavy (non-hydrogen) atoms. The minimum atomic E-state index is -5.70. The van der Waals surface area contributed by atoms with Crippen molar-refractivity contribution < 1.29 is 26.3 Å². The van der Waals surface area contributed by atoms with Gasteiger partial charge in [0.2, 0.25) is 5.41 Å². The molecule has 0 spiro atoms. The van der Waals surface area contributed by atoms with Crippen LogP contribution in [0.3, 0.4) is 0 Å². The lowest BCUT2D eigenvalue weighted by Gasteiger charge is -2.38. The maximum Gasteiger partial charge on any atom is 0.411 e. The Bertz CT molecular complexity index is 2380. The van der Waals surface area contributed by atoms with E-state index in [0.717, 1.165) is 46.3 Å². The molecule has 2 nitrogen and oxygen atoms in total. The zero-order valence-corrected chi connectivity index (χ0v) is 24.5. The highest BCUT2D eigenvalue weighted by atomic mass is 32.1. The van der Waals surface area contributed by atoms with Gasteiger partial charge in [0.15, 0.2) is 0 Å². The minimum Gasteiger partial charge on any atom is -0.306 e. The third kappa shape index (κ3) is 2.66. The predicted molar refractivity (Wildman–Crippen MR) is 167 cm³/mol. The molecule has 0 aliphatic carbocycles. The van der Waals surface area contributed by atoms with Crippen molar-refractivity contribution in [1.82, 2.24) is 8.80 Å². The number of thiophene rings is 4. The molecule has 0 atom stereocenters. The third-order valence-electron chi connectivity index (χ3n) is 8.90. The highest BCUT2D eigenvalue weighted by Crippen LogP contribution is 2.59. The summed E-state index contributed by atoms with van der Waals surface area (Å²) in [5, 5.41) is 8.86. The number of nitrogens with zero attached hydrogens (tertiary/aromatic N) is 2. The summed E-state index contributed by atoms with van der Waals surface area (Å²) in [6.45, 7) is 0. The van der Waals surface area contributed by atoms with E-state index in [1.165, 1.54) is 45.3 Å². The number of aromatic nitrogens is 2. The van der Waals surface area contributed by atoms with Gasteiger partial charge in [0.25, 0.3) is 0 Å². The molecule has 0 amide bonds. The van der Waals surface area contributed by atoms with Gasteiger partial charge in [-0.15, -0.1) is 45.3 Å². The lowest BCUT2D eigenvalue weighted by molar-refractivity contribution is -0.288. The van der Waals surface area contributed by atoms with Crippen molar-refractivity contribution in [2.75, 3.05) is 0 Å². The zero-order chi connectivity index (χ0) is 29.2. The molecule has 0 aliphatic heterocycles. The van der Waals surface area contributed by atoms with Crippen molar-refractivity contribution >= 4 is 119 Å². The maximum absolute atomic E-state index is 15.7. The van der Waals surface area contributed by atoms with Crippen molar-refractivity contribution in [3.63, 3.8) is 0 Å². The van der Waals surface area contributed by atoms with E-state index in [2.05, 4.69) is 0 Å². The van der Waals surface area contributed by atoms with Crippen LogP contribution in [0.4, 0.5) is 26.3 Å². The molecule has 0 fully saturated rings. The summed E-state index contributed by atoms with van der Waals surface area (Å²) in [6.07, 6.45) is -11.4. The molecule has 212 valence electrons. The Morgan fingerprint density at radius 3 is 0.977 bits per heavy atom.